The van der Waals surface area contributed by atoms with Gasteiger partial charge in [-0.05, 0) is 45.7 Å². The molecular formula is C18H35N5O. The molecule has 0 aromatic heterocycles. The van der Waals surface area contributed by atoms with Crippen LogP contribution in [0.5, 0.6) is 0 Å². The smallest absolute Gasteiger partial charge is 0.230 e. The van der Waals surface area contributed by atoms with Crippen LogP contribution in [-0.2, 0) is 4.79 Å². The van der Waals surface area contributed by atoms with E-state index in [-0.39, 0.29) is 11.3 Å². The topological polar surface area (TPSA) is 60.0 Å². The zero-order valence-corrected chi connectivity index (χ0v) is 16.1. The predicted octanol–water partition coefficient (Wildman–Crippen LogP) is 1.14. The molecule has 6 heteroatoms. The van der Waals surface area contributed by atoms with Crippen molar-refractivity contribution in [2.24, 2.45) is 16.3 Å². The van der Waals surface area contributed by atoms with Crippen molar-refractivity contribution in [3.63, 3.8) is 0 Å². The number of carbonyl (C=O) groups is 1. The van der Waals surface area contributed by atoms with Gasteiger partial charge in [-0.3, -0.25) is 9.79 Å². The van der Waals surface area contributed by atoms with Crippen molar-refractivity contribution in [3.05, 3.63) is 0 Å². The molecule has 0 spiro atoms. The lowest BCUT2D eigenvalue weighted by atomic mass is 9.84. The molecule has 1 atom stereocenters. The maximum absolute atomic E-state index is 12.6. The van der Waals surface area contributed by atoms with Crippen molar-refractivity contribution in [3.8, 4) is 0 Å². The van der Waals surface area contributed by atoms with Gasteiger partial charge in [-0.25, -0.2) is 0 Å². The number of nitrogens with one attached hydrogen (secondary N) is 2. The van der Waals surface area contributed by atoms with Crippen LogP contribution in [0.2, 0.25) is 0 Å². The van der Waals surface area contributed by atoms with Gasteiger partial charge in [-0.15, -0.1) is 0 Å². The highest BCUT2D eigenvalue weighted by atomic mass is 16.2. The molecule has 138 valence electrons. The Balaban J connectivity index is 1.88. The van der Waals surface area contributed by atoms with Gasteiger partial charge in [0.05, 0.1) is 5.41 Å². The molecule has 0 heterocycles. The molecule has 2 N–H and O–H groups in total. The Morgan fingerprint density at radius 3 is 2.25 bits per heavy atom. The van der Waals surface area contributed by atoms with Crippen molar-refractivity contribution in [1.82, 2.24) is 20.4 Å². The second kappa shape index (κ2) is 8.19. The van der Waals surface area contributed by atoms with Gasteiger partial charge in [0.1, 0.15) is 0 Å². The van der Waals surface area contributed by atoms with Gasteiger partial charge < -0.3 is 20.4 Å². The Morgan fingerprint density at radius 2 is 1.79 bits per heavy atom. The lowest BCUT2D eigenvalue weighted by Crippen LogP contribution is -2.51. The Morgan fingerprint density at radius 1 is 1.17 bits per heavy atom. The third-order valence-corrected chi connectivity index (χ3v) is 5.55. The zero-order valence-electron chi connectivity index (χ0n) is 16.1. The first-order chi connectivity index (χ1) is 11.4. The lowest BCUT2D eigenvalue weighted by Gasteiger charge is -2.32. The van der Waals surface area contributed by atoms with Gasteiger partial charge in [-0.2, -0.15) is 0 Å². The number of likely N-dealkylation sites (N-methyl/N-ethyl adjacent to an activating group) is 1. The molecule has 0 saturated heterocycles. The average Bonchev–Trinajstić information content (AvgIpc) is 3.26. The molecule has 0 aliphatic heterocycles. The highest BCUT2D eigenvalue weighted by Gasteiger charge is 2.42. The van der Waals surface area contributed by atoms with Crippen LogP contribution in [-0.4, -0.2) is 76.0 Å². The fourth-order valence-electron chi connectivity index (χ4n) is 3.92. The second-order valence-corrected chi connectivity index (χ2v) is 7.86. The average molecular weight is 338 g/mol. The van der Waals surface area contributed by atoms with E-state index in [0.29, 0.717) is 12.6 Å². The molecule has 2 saturated carbocycles. The minimum atomic E-state index is -0.265. The summed E-state index contributed by atoms with van der Waals surface area (Å²) in [5.74, 6) is 1.86. The highest BCUT2D eigenvalue weighted by molar-refractivity contribution is 5.85. The van der Waals surface area contributed by atoms with Gasteiger partial charge in [0, 0.05) is 40.3 Å². The maximum Gasteiger partial charge on any atom is 0.230 e. The van der Waals surface area contributed by atoms with Crippen molar-refractivity contribution >= 4 is 11.9 Å². The SMILES string of the molecule is CN=C(NCC(C1CC1)N(C)C)NCC1(C(=O)N(C)C)CCCC1. The molecular weight excluding hydrogens is 302 g/mol. The van der Waals surface area contributed by atoms with Crippen LogP contribution in [0, 0.1) is 11.3 Å². The lowest BCUT2D eigenvalue weighted by molar-refractivity contribution is -0.138. The third kappa shape index (κ3) is 4.62. The van der Waals surface area contributed by atoms with Crippen LogP contribution in [0.1, 0.15) is 38.5 Å². The van der Waals surface area contributed by atoms with Gasteiger partial charge in [0.25, 0.3) is 0 Å². The largest absolute Gasteiger partial charge is 0.355 e. The van der Waals surface area contributed by atoms with E-state index in [0.717, 1.165) is 44.1 Å². The van der Waals surface area contributed by atoms with E-state index in [9.17, 15) is 4.79 Å². The Kier molecular flexibility index (Phi) is 6.49. The van der Waals surface area contributed by atoms with E-state index in [1.807, 2.05) is 14.1 Å². The molecule has 2 aliphatic rings. The van der Waals surface area contributed by atoms with Gasteiger partial charge in [0.15, 0.2) is 5.96 Å². The summed E-state index contributed by atoms with van der Waals surface area (Å²) >= 11 is 0. The standard InChI is InChI=1S/C18H35N5O/c1-19-17(20-12-15(22(2)3)14-8-9-14)21-13-18(10-6-7-11-18)16(24)23(4)5/h14-15H,6-13H2,1-5H3,(H2,19,20,21). The Bertz CT molecular complexity index is 448. The number of nitrogens with zero attached hydrogens (tertiary/aromatic N) is 3. The van der Waals surface area contributed by atoms with E-state index in [4.69, 9.17) is 0 Å². The minimum absolute atomic E-state index is 0.243. The summed E-state index contributed by atoms with van der Waals surface area (Å²) in [6, 6.07) is 0.549. The van der Waals surface area contributed by atoms with Crippen molar-refractivity contribution in [2.75, 3.05) is 48.3 Å². The number of amides is 1. The van der Waals surface area contributed by atoms with Crippen LogP contribution in [0.15, 0.2) is 4.99 Å². The number of hydrogen-bond donors (Lipinski definition) is 2. The first-order valence-electron chi connectivity index (χ1n) is 9.22. The number of carbonyl (C=O) groups excluding carboxylic acids is 1. The molecule has 0 aromatic rings. The normalized spacial score (nSPS) is 21.7. The fourth-order valence-corrected chi connectivity index (χ4v) is 3.92. The molecule has 0 radical (unpaired) electrons. The Hall–Kier alpha value is -1.30. The van der Waals surface area contributed by atoms with Crippen molar-refractivity contribution < 1.29 is 4.79 Å². The monoisotopic (exact) mass is 337 g/mol. The van der Waals surface area contributed by atoms with E-state index >= 15 is 0 Å². The molecule has 2 aliphatic carbocycles. The number of hydrogen-bond acceptors (Lipinski definition) is 3. The second-order valence-electron chi connectivity index (χ2n) is 7.86. The molecule has 0 aromatic carbocycles. The Labute approximate surface area is 147 Å². The van der Waals surface area contributed by atoms with Crippen molar-refractivity contribution in [2.45, 2.75) is 44.6 Å². The van der Waals surface area contributed by atoms with Crippen LogP contribution in [0.4, 0.5) is 0 Å². The minimum Gasteiger partial charge on any atom is -0.355 e. The number of guanidine groups is 1. The number of aliphatic imine (C=N–C) groups is 1. The molecule has 1 unspecified atom stereocenters. The molecule has 2 fully saturated rings. The predicted molar refractivity (Wildman–Crippen MR) is 99.2 cm³/mol. The summed E-state index contributed by atoms with van der Waals surface area (Å²) in [7, 11) is 9.79. The fraction of sp³-hybridized carbons (Fsp3) is 0.889. The zero-order chi connectivity index (χ0) is 17.7. The van der Waals surface area contributed by atoms with E-state index in [1.165, 1.54) is 12.8 Å². The molecule has 1 amide bonds. The first-order valence-corrected chi connectivity index (χ1v) is 9.22. The van der Waals surface area contributed by atoms with Crippen LogP contribution < -0.4 is 10.6 Å². The summed E-state index contributed by atoms with van der Waals surface area (Å²) in [6.07, 6.45) is 6.87. The van der Waals surface area contributed by atoms with Crippen molar-refractivity contribution in [1.29, 1.82) is 0 Å². The van der Waals surface area contributed by atoms with Crippen LogP contribution >= 0.6 is 0 Å². The van der Waals surface area contributed by atoms with Crippen LogP contribution in [0.3, 0.4) is 0 Å². The summed E-state index contributed by atoms with van der Waals surface area (Å²) in [4.78, 5) is 21.0. The highest BCUT2D eigenvalue weighted by Crippen LogP contribution is 2.39. The molecule has 0 bridgehead atoms. The molecule has 6 nitrogen and oxygen atoms in total. The summed E-state index contributed by atoms with van der Waals surface area (Å²) in [5.41, 5.74) is -0.265. The van der Waals surface area contributed by atoms with E-state index in [2.05, 4.69) is 34.6 Å². The van der Waals surface area contributed by atoms with Gasteiger partial charge in [0.2, 0.25) is 5.91 Å². The van der Waals surface area contributed by atoms with E-state index in [1.54, 1.807) is 11.9 Å². The molecule has 24 heavy (non-hydrogen) atoms. The molecule has 2 rings (SSSR count). The van der Waals surface area contributed by atoms with Crippen LogP contribution in [0.25, 0.3) is 0 Å². The quantitative estimate of drug-likeness (QED) is 0.540. The maximum atomic E-state index is 12.6. The summed E-state index contributed by atoms with van der Waals surface area (Å²) in [6.45, 7) is 1.56. The van der Waals surface area contributed by atoms with Gasteiger partial charge >= 0.3 is 0 Å². The third-order valence-electron chi connectivity index (χ3n) is 5.55. The van der Waals surface area contributed by atoms with Gasteiger partial charge in [-0.1, -0.05) is 12.8 Å². The number of rotatable bonds is 7. The van der Waals surface area contributed by atoms with E-state index < -0.39 is 0 Å². The summed E-state index contributed by atoms with van der Waals surface area (Å²) < 4.78 is 0. The summed E-state index contributed by atoms with van der Waals surface area (Å²) in [5, 5.41) is 6.87. The first kappa shape index (κ1) is 19.0.